The number of nitrogens with zero attached hydrogens (tertiary/aromatic N) is 2. The van der Waals surface area contributed by atoms with Gasteiger partial charge < -0.3 is 14.3 Å². The predicted octanol–water partition coefficient (Wildman–Crippen LogP) is 1.73. The number of aliphatic carboxylic acids is 1. The molecule has 1 aromatic heterocycles. The van der Waals surface area contributed by atoms with Crippen molar-refractivity contribution in [1.82, 2.24) is 10.2 Å². The molecular formula is C12H12N2O4. The maximum Gasteiger partial charge on any atom is 0.332 e. The van der Waals surface area contributed by atoms with E-state index in [0.717, 1.165) is 5.56 Å². The van der Waals surface area contributed by atoms with Crippen molar-refractivity contribution in [3.8, 4) is 11.5 Å². The lowest BCUT2D eigenvalue weighted by atomic mass is 10.2. The molecule has 1 unspecified atom stereocenters. The molecule has 0 radical (unpaired) electrons. The minimum absolute atomic E-state index is 0.0205. The third-order valence-electron chi connectivity index (χ3n) is 2.29. The second-order valence-electron chi connectivity index (χ2n) is 3.66. The number of hydrogen-bond acceptors (Lipinski definition) is 5. The van der Waals surface area contributed by atoms with Gasteiger partial charge in [0.2, 0.25) is 11.8 Å². The molecular weight excluding hydrogens is 236 g/mol. The fraction of sp³-hybridized carbons (Fsp3) is 0.250. The van der Waals surface area contributed by atoms with Crippen LogP contribution in [0.5, 0.6) is 0 Å². The van der Waals surface area contributed by atoms with Gasteiger partial charge in [-0.25, -0.2) is 4.79 Å². The quantitative estimate of drug-likeness (QED) is 0.867. The van der Waals surface area contributed by atoms with E-state index in [4.69, 9.17) is 14.3 Å². The second-order valence-corrected chi connectivity index (χ2v) is 3.66. The third kappa shape index (κ3) is 2.92. The monoisotopic (exact) mass is 248 g/mol. The summed E-state index contributed by atoms with van der Waals surface area (Å²) in [6.07, 6.45) is -0.905. The minimum atomic E-state index is -1.03. The normalized spacial score (nSPS) is 12.3. The highest BCUT2D eigenvalue weighted by Gasteiger charge is 2.14. The number of carboxylic acid groups (broad SMARTS) is 1. The van der Waals surface area contributed by atoms with Gasteiger partial charge in [-0.1, -0.05) is 18.2 Å². The summed E-state index contributed by atoms with van der Waals surface area (Å²) in [5, 5.41) is 16.3. The summed E-state index contributed by atoms with van der Waals surface area (Å²) < 4.78 is 10.4. The van der Waals surface area contributed by atoms with Crippen LogP contribution in [0.3, 0.4) is 0 Å². The number of carboxylic acids is 1. The highest BCUT2D eigenvalue weighted by molar-refractivity contribution is 5.71. The van der Waals surface area contributed by atoms with Gasteiger partial charge in [-0.05, 0) is 19.1 Å². The van der Waals surface area contributed by atoms with Gasteiger partial charge in [0.05, 0.1) is 0 Å². The van der Waals surface area contributed by atoms with E-state index >= 15 is 0 Å². The highest BCUT2D eigenvalue weighted by atomic mass is 16.5. The first kappa shape index (κ1) is 12.3. The average Bonchev–Trinajstić information content (AvgIpc) is 2.85. The molecule has 6 heteroatoms. The second kappa shape index (κ2) is 5.42. The molecule has 1 heterocycles. The molecule has 1 aromatic carbocycles. The van der Waals surface area contributed by atoms with E-state index < -0.39 is 12.1 Å². The lowest BCUT2D eigenvalue weighted by molar-refractivity contribution is -0.150. The molecule has 6 nitrogen and oxygen atoms in total. The van der Waals surface area contributed by atoms with Crippen molar-refractivity contribution >= 4 is 5.97 Å². The number of carbonyl (C=O) groups is 1. The van der Waals surface area contributed by atoms with Crippen LogP contribution in [0.25, 0.3) is 11.5 Å². The Morgan fingerprint density at radius 1 is 1.39 bits per heavy atom. The third-order valence-corrected chi connectivity index (χ3v) is 2.29. The Bertz CT molecular complexity index is 524. The number of benzene rings is 1. The van der Waals surface area contributed by atoms with Crippen molar-refractivity contribution in [1.29, 1.82) is 0 Å². The lowest BCUT2D eigenvalue weighted by Crippen LogP contribution is -2.19. The van der Waals surface area contributed by atoms with Gasteiger partial charge in [0.1, 0.15) is 6.61 Å². The molecule has 0 aliphatic heterocycles. The first-order valence-corrected chi connectivity index (χ1v) is 5.39. The fourth-order valence-electron chi connectivity index (χ4n) is 1.28. The van der Waals surface area contributed by atoms with Gasteiger partial charge in [-0.15, -0.1) is 10.2 Å². The Morgan fingerprint density at radius 3 is 2.78 bits per heavy atom. The van der Waals surface area contributed by atoms with Crippen molar-refractivity contribution in [3.05, 3.63) is 36.2 Å². The van der Waals surface area contributed by atoms with E-state index in [2.05, 4.69) is 10.2 Å². The summed E-state index contributed by atoms with van der Waals surface area (Å²) in [5.41, 5.74) is 0.808. The highest BCUT2D eigenvalue weighted by Crippen LogP contribution is 2.17. The molecule has 0 aliphatic rings. The van der Waals surface area contributed by atoms with Crippen LogP contribution in [0, 0.1) is 0 Å². The largest absolute Gasteiger partial charge is 0.479 e. The van der Waals surface area contributed by atoms with Crippen molar-refractivity contribution in [2.45, 2.75) is 19.6 Å². The lowest BCUT2D eigenvalue weighted by Gasteiger charge is -2.04. The Kier molecular flexibility index (Phi) is 3.69. The summed E-state index contributed by atoms with van der Waals surface area (Å²) in [6, 6.07) is 9.30. The Balaban J connectivity index is 2.01. The zero-order valence-corrected chi connectivity index (χ0v) is 9.74. The first-order chi connectivity index (χ1) is 8.66. The summed E-state index contributed by atoms with van der Waals surface area (Å²) >= 11 is 0. The summed E-state index contributed by atoms with van der Waals surface area (Å²) in [5.74, 6) is -0.392. The van der Waals surface area contributed by atoms with Crippen molar-refractivity contribution < 1.29 is 19.1 Å². The first-order valence-electron chi connectivity index (χ1n) is 5.39. The van der Waals surface area contributed by atoms with Crippen LogP contribution in [0.1, 0.15) is 12.8 Å². The summed E-state index contributed by atoms with van der Waals surface area (Å²) in [6.45, 7) is 1.42. The number of rotatable bonds is 5. The maximum atomic E-state index is 10.6. The van der Waals surface area contributed by atoms with E-state index in [-0.39, 0.29) is 12.5 Å². The standard InChI is InChI=1S/C12H12N2O4/c1-8(12(15)16)17-7-10-13-14-11(18-10)9-5-3-2-4-6-9/h2-6,8H,7H2,1H3,(H,15,16). The van der Waals surface area contributed by atoms with E-state index in [1.807, 2.05) is 30.3 Å². The molecule has 0 spiro atoms. The van der Waals surface area contributed by atoms with Crippen molar-refractivity contribution in [2.75, 3.05) is 0 Å². The molecule has 2 aromatic rings. The summed E-state index contributed by atoms with van der Waals surface area (Å²) in [4.78, 5) is 10.6. The summed E-state index contributed by atoms with van der Waals surface area (Å²) in [7, 11) is 0. The zero-order valence-electron chi connectivity index (χ0n) is 9.74. The van der Waals surface area contributed by atoms with Crippen LogP contribution in [-0.2, 0) is 16.1 Å². The molecule has 1 N–H and O–H groups in total. The molecule has 0 amide bonds. The van der Waals surface area contributed by atoms with E-state index in [9.17, 15) is 4.79 Å². The smallest absolute Gasteiger partial charge is 0.332 e. The van der Waals surface area contributed by atoms with Crippen LogP contribution in [0.2, 0.25) is 0 Å². The number of aromatic nitrogens is 2. The maximum absolute atomic E-state index is 10.6. The Labute approximate surface area is 103 Å². The number of ether oxygens (including phenoxy) is 1. The zero-order chi connectivity index (χ0) is 13.0. The topological polar surface area (TPSA) is 85.5 Å². The van der Waals surface area contributed by atoms with Gasteiger partial charge in [-0.2, -0.15) is 0 Å². The van der Waals surface area contributed by atoms with Crippen LogP contribution in [0.4, 0.5) is 0 Å². The van der Waals surface area contributed by atoms with Gasteiger partial charge in [0.25, 0.3) is 0 Å². The molecule has 0 aliphatic carbocycles. The van der Waals surface area contributed by atoms with Crippen molar-refractivity contribution in [3.63, 3.8) is 0 Å². The van der Waals surface area contributed by atoms with Crippen molar-refractivity contribution in [2.24, 2.45) is 0 Å². The van der Waals surface area contributed by atoms with Gasteiger partial charge in [0, 0.05) is 5.56 Å². The predicted molar refractivity (Wildman–Crippen MR) is 61.6 cm³/mol. The van der Waals surface area contributed by atoms with Crippen LogP contribution in [0.15, 0.2) is 34.7 Å². The SMILES string of the molecule is CC(OCc1nnc(-c2ccccc2)o1)C(=O)O. The Hall–Kier alpha value is -2.21. The molecule has 94 valence electrons. The number of hydrogen-bond donors (Lipinski definition) is 1. The van der Waals surface area contributed by atoms with E-state index in [0.29, 0.717) is 5.89 Å². The van der Waals surface area contributed by atoms with Gasteiger partial charge >= 0.3 is 5.97 Å². The Morgan fingerprint density at radius 2 is 2.11 bits per heavy atom. The molecule has 2 rings (SSSR count). The molecule has 0 saturated carbocycles. The van der Waals surface area contributed by atoms with Gasteiger partial charge in [-0.3, -0.25) is 0 Å². The fourth-order valence-corrected chi connectivity index (χ4v) is 1.28. The molecule has 0 fully saturated rings. The molecule has 0 bridgehead atoms. The van der Waals surface area contributed by atoms with Gasteiger partial charge in [0.15, 0.2) is 6.10 Å². The molecule has 0 saturated heterocycles. The minimum Gasteiger partial charge on any atom is -0.479 e. The van der Waals surface area contributed by atoms with Crippen LogP contribution < -0.4 is 0 Å². The van der Waals surface area contributed by atoms with E-state index in [1.54, 1.807) is 0 Å². The van der Waals surface area contributed by atoms with E-state index in [1.165, 1.54) is 6.92 Å². The van der Waals surface area contributed by atoms with Crippen LogP contribution >= 0.6 is 0 Å². The molecule has 18 heavy (non-hydrogen) atoms. The average molecular weight is 248 g/mol. The van der Waals surface area contributed by atoms with Crippen LogP contribution in [-0.4, -0.2) is 27.4 Å². The molecule has 1 atom stereocenters.